The van der Waals surface area contributed by atoms with Crippen molar-refractivity contribution in [3.63, 3.8) is 0 Å². The monoisotopic (exact) mass is 276 g/mol. The molecule has 2 rings (SSSR count). The van der Waals surface area contributed by atoms with E-state index in [1.54, 1.807) is 30.3 Å². The highest BCUT2D eigenvalue weighted by Gasteiger charge is 2.23. The fourth-order valence-electron chi connectivity index (χ4n) is 1.54. The van der Waals surface area contributed by atoms with Crippen molar-refractivity contribution < 1.29 is 19.1 Å². The standard InChI is InChI=1S/C14H16N2O4/c17-12(16-11-6-7-11)9-20-13(18)8-15-14(19)10-4-2-1-3-5-10/h1-5,11H,6-9H2,(H,15,19)(H,16,17). The molecule has 1 aromatic carbocycles. The second-order valence-corrected chi connectivity index (χ2v) is 4.55. The van der Waals surface area contributed by atoms with E-state index in [0.717, 1.165) is 12.8 Å². The third-order valence-corrected chi connectivity index (χ3v) is 2.74. The van der Waals surface area contributed by atoms with Crippen molar-refractivity contribution in [1.29, 1.82) is 0 Å². The minimum Gasteiger partial charge on any atom is -0.454 e. The molecular weight excluding hydrogens is 260 g/mol. The lowest BCUT2D eigenvalue weighted by Crippen LogP contribution is -2.34. The molecule has 0 aliphatic heterocycles. The van der Waals surface area contributed by atoms with Gasteiger partial charge in [-0.15, -0.1) is 0 Å². The van der Waals surface area contributed by atoms with Crippen LogP contribution in [0.25, 0.3) is 0 Å². The summed E-state index contributed by atoms with van der Waals surface area (Å²) in [6.45, 7) is -0.568. The summed E-state index contributed by atoms with van der Waals surface area (Å²) in [5, 5.41) is 5.13. The molecule has 0 atom stereocenters. The number of benzene rings is 1. The molecule has 0 heterocycles. The third kappa shape index (κ3) is 4.72. The number of esters is 1. The number of ether oxygens (including phenoxy) is 1. The van der Waals surface area contributed by atoms with E-state index in [1.165, 1.54) is 0 Å². The van der Waals surface area contributed by atoms with Crippen LogP contribution < -0.4 is 10.6 Å². The van der Waals surface area contributed by atoms with Gasteiger partial charge in [0.1, 0.15) is 6.54 Å². The summed E-state index contributed by atoms with van der Waals surface area (Å²) in [5.74, 6) is -1.31. The topological polar surface area (TPSA) is 84.5 Å². The van der Waals surface area contributed by atoms with Crippen molar-refractivity contribution in [2.24, 2.45) is 0 Å². The van der Waals surface area contributed by atoms with Gasteiger partial charge in [0.05, 0.1) is 0 Å². The predicted molar refractivity (Wildman–Crippen MR) is 70.9 cm³/mol. The summed E-state index contributed by atoms with van der Waals surface area (Å²) >= 11 is 0. The smallest absolute Gasteiger partial charge is 0.325 e. The minimum absolute atomic E-state index is 0.235. The highest BCUT2D eigenvalue weighted by atomic mass is 16.5. The average Bonchev–Trinajstić information content (AvgIpc) is 3.27. The minimum atomic E-state index is -0.639. The summed E-state index contributed by atoms with van der Waals surface area (Å²) in [6, 6.07) is 8.78. The van der Waals surface area contributed by atoms with Gasteiger partial charge in [0.15, 0.2) is 6.61 Å². The van der Waals surface area contributed by atoms with Gasteiger partial charge < -0.3 is 15.4 Å². The number of hydrogen-bond donors (Lipinski definition) is 2. The molecule has 0 spiro atoms. The Bertz CT molecular complexity index is 497. The van der Waals surface area contributed by atoms with Crippen molar-refractivity contribution in [1.82, 2.24) is 10.6 Å². The molecule has 2 amide bonds. The molecule has 0 bridgehead atoms. The maximum Gasteiger partial charge on any atom is 0.325 e. The van der Waals surface area contributed by atoms with Gasteiger partial charge in [-0.3, -0.25) is 14.4 Å². The molecule has 1 aliphatic carbocycles. The lowest BCUT2D eigenvalue weighted by atomic mass is 10.2. The Hall–Kier alpha value is -2.37. The van der Waals surface area contributed by atoms with Gasteiger partial charge in [-0.2, -0.15) is 0 Å². The summed E-state index contributed by atoms with van der Waals surface area (Å²) in [6.07, 6.45) is 1.96. The Morgan fingerprint density at radius 1 is 1.15 bits per heavy atom. The maximum absolute atomic E-state index is 11.6. The maximum atomic E-state index is 11.6. The summed E-state index contributed by atoms with van der Waals surface area (Å²) < 4.78 is 4.75. The van der Waals surface area contributed by atoms with Gasteiger partial charge in [-0.05, 0) is 25.0 Å². The fourth-order valence-corrected chi connectivity index (χ4v) is 1.54. The van der Waals surface area contributed by atoms with Crippen LogP contribution in [0, 0.1) is 0 Å². The quantitative estimate of drug-likeness (QED) is 0.729. The molecule has 1 aromatic rings. The van der Waals surface area contributed by atoms with Gasteiger partial charge in [0.25, 0.3) is 11.8 Å². The molecule has 1 saturated carbocycles. The molecule has 0 unspecified atom stereocenters. The fraction of sp³-hybridized carbons (Fsp3) is 0.357. The molecule has 2 N–H and O–H groups in total. The number of carbonyl (C=O) groups is 3. The molecular formula is C14H16N2O4. The van der Waals surface area contributed by atoms with Crippen LogP contribution in [0.4, 0.5) is 0 Å². The van der Waals surface area contributed by atoms with Gasteiger partial charge in [0, 0.05) is 11.6 Å². The summed E-state index contributed by atoms with van der Waals surface area (Å²) in [4.78, 5) is 34.3. The van der Waals surface area contributed by atoms with Gasteiger partial charge in [-0.1, -0.05) is 18.2 Å². The van der Waals surface area contributed by atoms with Gasteiger partial charge in [-0.25, -0.2) is 0 Å². The number of carbonyl (C=O) groups excluding carboxylic acids is 3. The molecule has 20 heavy (non-hydrogen) atoms. The number of rotatable bonds is 6. The van der Waals surface area contributed by atoms with Crippen LogP contribution in [0.5, 0.6) is 0 Å². The number of hydrogen-bond acceptors (Lipinski definition) is 4. The summed E-state index contributed by atoms with van der Waals surface area (Å²) in [5.41, 5.74) is 0.465. The van der Waals surface area contributed by atoms with E-state index < -0.39 is 5.97 Å². The van der Waals surface area contributed by atoms with Crippen LogP contribution in [0.1, 0.15) is 23.2 Å². The Balaban J connectivity index is 1.64. The Labute approximate surface area is 116 Å². The van der Waals surface area contributed by atoms with Crippen LogP contribution in [0.15, 0.2) is 30.3 Å². The van der Waals surface area contributed by atoms with Crippen LogP contribution in [-0.2, 0) is 14.3 Å². The molecule has 0 saturated heterocycles. The molecule has 6 heteroatoms. The van der Waals surface area contributed by atoms with Crippen LogP contribution >= 0.6 is 0 Å². The zero-order chi connectivity index (χ0) is 14.4. The first-order valence-electron chi connectivity index (χ1n) is 6.43. The third-order valence-electron chi connectivity index (χ3n) is 2.74. The molecule has 1 aliphatic rings. The molecule has 6 nitrogen and oxygen atoms in total. The van der Waals surface area contributed by atoms with E-state index >= 15 is 0 Å². The van der Waals surface area contributed by atoms with E-state index in [9.17, 15) is 14.4 Å². The van der Waals surface area contributed by atoms with Crippen LogP contribution in [-0.4, -0.2) is 37.0 Å². The number of amides is 2. The van der Waals surface area contributed by atoms with Crippen molar-refractivity contribution in [3.05, 3.63) is 35.9 Å². The number of nitrogens with one attached hydrogen (secondary N) is 2. The Morgan fingerprint density at radius 3 is 2.50 bits per heavy atom. The van der Waals surface area contributed by atoms with Crippen LogP contribution in [0.3, 0.4) is 0 Å². The predicted octanol–water partition coefficient (Wildman–Crippen LogP) is 0.238. The van der Waals surface area contributed by atoms with E-state index in [2.05, 4.69) is 10.6 Å². The SMILES string of the molecule is O=C(COC(=O)CNC(=O)c1ccccc1)NC1CC1. The Kier molecular flexibility index (Phi) is 4.70. The normalized spacial score (nSPS) is 13.4. The summed E-state index contributed by atoms with van der Waals surface area (Å²) in [7, 11) is 0. The van der Waals surface area contributed by atoms with E-state index in [1.807, 2.05) is 0 Å². The lowest BCUT2D eigenvalue weighted by Gasteiger charge is -2.06. The largest absolute Gasteiger partial charge is 0.454 e. The van der Waals surface area contributed by atoms with E-state index in [-0.39, 0.29) is 31.0 Å². The van der Waals surface area contributed by atoms with Gasteiger partial charge in [0.2, 0.25) is 0 Å². The highest BCUT2D eigenvalue weighted by Crippen LogP contribution is 2.18. The Morgan fingerprint density at radius 2 is 1.85 bits per heavy atom. The van der Waals surface area contributed by atoms with Crippen LogP contribution in [0.2, 0.25) is 0 Å². The first kappa shape index (κ1) is 14.0. The molecule has 0 radical (unpaired) electrons. The second-order valence-electron chi connectivity index (χ2n) is 4.55. The highest BCUT2D eigenvalue weighted by molar-refractivity contribution is 5.96. The van der Waals surface area contributed by atoms with Gasteiger partial charge >= 0.3 is 5.97 Å². The van der Waals surface area contributed by atoms with Crippen molar-refractivity contribution in [2.75, 3.05) is 13.2 Å². The van der Waals surface area contributed by atoms with E-state index in [4.69, 9.17) is 4.74 Å². The second kappa shape index (κ2) is 6.70. The molecule has 1 fully saturated rings. The van der Waals surface area contributed by atoms with Crippen molar-refractivity contribution in [2.45, 2.75) is 18.9 Å². The zero-order valence-electron chi connectivity index (χ0n) is 10.9. The molecule has 106 valence electrons. The van der Waals surface area contributed by atoms with Crippen molar-refractivity contribution in [3.8, 4) is 0 Å². The molecule has 0 aromatic heterocycles. The zero-order valence-corrected chi connectivity index (χ0v) is 10.9. The first-order valence-corrected chi connectivity index (χ1v) is 6.43. The lowest BCUT2D eigenvalue weighted by molar-refractivity contribution is -0.147. The average molecular weight is 276 g/mol. The van der Waals surface area contributed by atoms with Crippen molar-refractivity contribution >= 4 is 17.8 Å². The van der Waals surface area contributed by atoms with E-state index in [0.29, 0.717) is 5.56 Å². The first-order chi connectivity index (χ1) is 9.65.